The molecular weight excluding hydrogens is 385 g/mol. The van der Waals surface area contributed by atoms with Crippen LogP contribution in [0.5, 0.6) is 5.75 Å². The molecule has 148 valence electrons. The second-order valence-electron chi connectivity index (χ2n) is 6.87. The van der Waals surface area contributed by atoms with E-state index in [2.05, 4.69) is 0 Å². The molecule has 2 atom stereocenters. The first-order chi connectivity index (χ1) is 13.3. The second kappa shape index (κ2) is 8.61. The van der Waals surface area contributed by atoms with E-state index >= 15 is 0 Å². The zero-order chi connectivity index (χ0) is 20.3. The summed E-state index contributed by atoms with van der Waals surface area (Å²) < 4.78 is 24.3. The molecule has 0 radical (unpaired) electrons. The molecule has 28 heavy (non-hydrogen) atoms. The number of esters is 1. The number of hydrogen-bond donors (Lipinski definition) is 0. The van der Waals surface area contributed by atoms with Crippen molar-refractivity contribution in [2.24, 2.45) is 5.92 Å². The molecule has 7 heteroatoms. The fourth-order valence-electron chi connectivity index (χ4n) is 3.13. The van der Waals surface area contributed by atoms with Crippen molar-refractivity contribution in [1.82, 2.24) is 4.90 Å². The first kappa shape index (κ1) is 20.1. The predicted molar refractivity (Wildman–Crippen MR) is 103 cm³/mol. The number of hydrogen-bond acceptors (Lipinski definition) is 4. The second-order valence-corrected chi connectivity index (χ2v) is 7.30. The molecule has 0 fully saturated rings. The fraction of sp³-hybridized carbons (Fsp3) is 0.333. The summed E-state index contributed by atoms with van der Waals surface area (Å²) in [6, 6.07) is 11.3. The van der Waals surface area contributed by atoms with Crippen molar-refractivity contribution in [3.63, 3.8) is 0 Å². The maximum Gasteiger partial charge on any atom is 0.313 e. The molecule has 3 rings (SSSR count). The van der Waals surface area contributed by atoms with Crippen molar-refractivity contribution in [3.8, 4) is 5.75 Å². The Morgan fingerprint density at radius 2 is 2.11 bits per heavy atom. The number of carbonyl (C=O) groups is 2. The van der Waals surface area contributed by atoms with Gasteiger partial charge in [0.15, 0.2) is 6.10 Å². The third-order valence-electron chi connectivity index (χ3n) is 4.59. The van der Waals surface area contributed by atoms with Crippen LogP contribution in [0.2, 0.25) is 5.02 Å². The van der Waals surface area contributed by atoms with E-state index in [1.807, 2.05) is 0 Å². The Bertz CT molecular complexity index is 888. The lowest BCUT2D eigenvalue weighted by molar-refractivity contribution is -0.163. The van der Waals surface area contributed by atoms with Crippen LogP contribution in [0.3, 0.4) is 0 Å². The highest BCUT2D eigenvalue weighted by atomic mass is 35.5. The van der Waals surface area contributed by atoms with Crippen molar-refractivity contribution >= 4 is 23.5 Å². The van der Waals surface area contributed by atoms with Gasteiger partial charge in [0, 0.05) is 18.6 Å². The number of carbonyl (C=O) groups excluding carboxylic acids is 2. The highest BCUT2D eigenvalue weighted by Crippen LogP contribution is 2.30. The van der Waals surface area contributed by atoms with Gasteiger partial charge in [-0.25, -0.2) is 4.39 Å². The van der Waals surface area contributed by atoms with Crippen LogP contribution in [-0.2, 0) is 27.3 Å². The number of rotatable bonds is 5. The topological polar surface area (TPSA) is 55.8 Å². The lowest BCUT2D eigenvalue weighted by Crippen LogP contribution is -2.39. The third-order valence-corrected chi connectivity index (χ3v) is 4.82. The van der Waals surface area contributed by atoms with Crippen molar-refractivity contribution < 1.29 is 23.5 Å². The summed E-state index contributed by atoms with van der Waals surface area (Å²) in [6.07, 6.45) is -0.513. The van der Waals surface area contributed by atoms with Crippen LogP contribution in [0.4, 0.5) is 4.39 Å². The van der Waals surface area contributed by atoms with Crippen molar-refractivity contribution in [1.29, 1.82) is 0 Å². The molecule has 5 nitrogen and oxygen atoms in total. The van der Waals surface area contributed by atoms with Gasteiger partial charge in [-0.2, -0.15) is 0 Å². The van der Waals surface area contributed by atoms with Crippen molar-refractivity contribution in [2.75, 3.05) is 13.7 Å². The molecule has 0 N–H and O–H groups in total. The Hall–Kier alpha value is -2.60. The highest BCUT2D eigenvalue weighted by Gasteiger charge is 2.30. The molecule has 2 unspecified atom stereocenters. The Morgan fingerprint density at radius 3 is 2.86 bits per heavy atom. The van der Waals surface area contributed by atoms with Gasteiger partial charge in [0.2, 0.25) is 0 Å². The summed E-state index contributed by atoms with van der Waals surface area (Å²) in [5.41, 5.74) is 1.49. The number of benzene rings is 2. The molecule has 1 heterocycles. The Labute approximate surface area is 168 Å². The lowest BCUT2D eigenvalue weighted by atomic mass is 9.97. The largest absolute Gasteiger partial charge is 0.492 e. The SMILES string of the molecule is CC(OC(=O)C1COc2ccc(Cl)cc2C1)C(=O)N(C)Cc1cccc(F)c1. The van der Waals surface area contributed by atoms with E-state index < -0.39 is 18.0 Å². The van der Waals surface area contributed by atoms with Gasteiger partial charge in [-0.3, -0.25) is 9.59 Å². The monoisotopic (exact) mass is 405 g/mol. The smallest absolute Gasteiger partial charge is 0.313 e. The van der Waals surface area contributed by atoms with Gasteiger partial charge in [0.25, 0.3) is 5.91 Å². The Balaban J connectivity index is 1.57. The molecule has 0 saturated carbocycles. The van der Waals surface area contributed by atoms with E-state index in [9.17, 15) is 14.0 Å². The molecule has 2 aromatic carbocycles. The van der Waals surface area contributed by atoms with Crippen molar-refractivity contribution in [3.05, 3.63) is 64.4 Å². The van der Waals surface area contributed by atoms with Gasteiger partial charge in [0.05, 0.1) is 5.92 Å². The average molecular weight is 406 g/mol. The molecule has 1 aliphatic heterocycles. The van der Waals surface area contributed by atoms with Gasteiger partial charge in [-0.1, -0.05) is 23.7 Å². The van der Waals surface area contributed by atoms with E-state index in [0.29, 0.717) is 22.8 Å². The van der Waals surface area contributed by atoms with Gasteiger partial charge in [-0.15, -0.1) is 0 Å². The number of halogens is 2. The fourth-order valence-corrected chi connectivity index (χ4v) is 3.33. The predicted octanol–water partition coefficient (Wildman–Crippen LogP) is 3.62. The van der Waals surface area contributed by atoms with Crippen LogP contribution in [0, 0.1) is 11.7 Å². The third kappa shape index (κ3) is 4.81. The van der Waals surface area contributed by atoms with Crippen LogP contribution in [0.1, 0.15) is 18.1 Å². The number of likely N-dealkylation sites (N-methyl/N-ethyl adjacent to an activating group) is 1. The van der Waals surface area contributed by atoms with Gasteiger partial charge >= 0.3 is 5.97 Å². The summed E-state index contributed by atoms with van der Waals surface area (Å²) in [4.78, 5) is 26.4. The minimum Gasteiger partial charge on any atom is -0.492 e. The summed E-state index contributed by atoms with van der Waals surface area (Å²) >= 11 is 6.00. The van der Waals surface area contributed by atoms with Crippen LogP contribution < -0.4 is 4.74 Å². The van der Waals surface area contributed by atoms with Crippen molar-refractivity contribution in [2.45, 2.75) is 26.0 Å². The van der Waals surface area contributed by atoms with E-state index in [-0.39, 0.29) is 24.9 Å². The zero-order valence-electron chi connectivity index (χ0n) is 15.7. The first-order valence-corrected chi connectivity index (χ1v) is 9.32. The molecule has 2 aromatic rings. The van der Waals surface area contributed by atoms with Crippen LogP contribution in [0.25, 0.3) is 0 Å². The van der Waals surface area contributed by atoms with E-state index in [1.165, 1.54) is 24.0 Å². The number of nitrogens with zero attached hydrogens (tertiary/aromatic N) is 1. The van der Waals surface area contributed by atoms with Crippen LogP contribution in [-0.4, -0.2) is 36.5 Å². The standard InChI is InChI=1S/C21H21ClFNO4/c1-13(20(25)24(2)11-14-4-3-5-18(23)8-14)28-21(26)16-9-15-10-17(22)6-7-19(15)27-12-16/h3-8,10,13,16H,9,11-12H2,1-2H3. The lowest BCUT2D eigenvalue weighted by Gasteiger charge is -2.26. The molecule has 0 aromatic heterocycles. The van der Waals surface area contributed by atoms with Gasteiger partial charge in [-0.05, 0) is 54.8 Å². The minimum atomic E-state index is -0.952. The number of amides is 1. The number of fused-ring (bicyclic) bond motifs is 1. The summed E-state index contributed by atoms with van der Waals surface area (Å²) in [7, 11) is 1.58. The summed E-state index contributed by atoms with van der Waals surface area (Å²) in [5.74, 6) is -1.03. The molecule has 0 aliphatic carbocycles. The normalized spacial score (nSPS) is 16.5. The van der Waals surface area contributed by atoms with Crippen LogP contribution >= 0.6 is 11.6 Å². The number of ether oxygens (including phenoxy) is 2. The zero-order valence-corrected chi connectivity index (χ0v) is 16.4. The van der Waals surface area contributed by atoms with E-state index in [1.54, 1.807) is 37.4 Å². The maximum absolute atomic E-state index is 13.3. The van der Waals surface area contributed by atoms with Gasteiger partial charge < -0.3 is 14.4 Å². The van der Waals surface area contributed by atoms with E-state index in [0.717, 1.165) is 5.56 Å². The molecular formula is C21H21ClFNO4. The average Bonchev–Trinajstić information content (AvgIpc) is 2.66. The first-order valence-electron chi connectivity index (χ1n) is 8.94. The van der Waals surface area contributed by atoms with Crippen LogP contribution in [0.15, 0.2) is 42.5 Å². The quantitative estimate of drug-likeness (QED) is 0.713. The Morgan fingerprint density at radius 1 is 1.32 bits per heavy atom. The summed E-state index contributed by atoms with van der Waals surface area (Å²) in [6.45, 7) is 1.93. The highest BCUT2D eigenvalue weighted by molar-refractivity contribution is 6.30. The summed E-state index contributed by atoms with van der Waals surface area (Å²) in [5, 5.41) is 0.568. The molecule has 0 spiro atoms. The van der Waals surface area contributed by atoms with Gasteiger partial charge in [0.1, 0.15) is 18.2 Å². The van der Waals surface area contributed by atoms with E-state index in [4.69, 9.17) is 21.1 Å². The minimum absolute atomic E-state index is 0.188. The Kier molecular flexibility index (Phi) is 6.19. The molecule has 1 aliphatic rings. The molecule has 0 saturated heterocycles. The maximum atomic E-state index is 13.3. The molecule has 0 bridgehead atoms. The molecule has 1 amide bonds.